The number of fused-ring (bicyclic) bond motifs is 15. The van der Waals surface area contributed by atoms with E-state index in [1.165, 1.54) is 77.9 Å². The Bertz CT molecular complexity index is 4000. The van der Waals surface area contributed by atoms with E-state index >= 15 is 0 Å². The molecule has 2 N–H and O–H groups in total. The number of hydrogen-bond donors (Lipinski definition) is 2. The first-order valence-corrected chi connectivity index (χ1v) is 29.8. The zero-order valence-corrected chi connectivity index (χ0v) is 48.2. The van der Waals surface area contributed by atoms with Gasteiger partial charge in [0, 0.05) is 73.9 Å². The molecule has 6 unspecified atom stereocenters. The Kier molecular flexibility index (Phi) is 10.1. The molecular weight excluding hydrogens is 989 g/mol. The number of aromatic nitrogens is 7. The van der Waals surface area contributed by atoms with Gasteiger partial charge in [-0.25, -0.2) is 0 Å². The number of benzene rings is 4. The van der Waals surface area contributed by atoms with E-state index in [4.69, 9.17) is 30.1 Å². The number of rotatable bonds is 9. The highest BCUT2D eigenvalue weighted by molar-refractivity contribution is 6.16. The Morgan fingerprint density at radius 2 is 0.753 bits per heavy atom. The number of aromatic amines is 2. The molecule has 81 heavy (non-hydrogen) atoms. The zero-order chi connectivity index (χ0) is 55.2. The van der Waals surface area contributed by atoms with Crippen LogP contribution in [0.25, 0.3) is 95.1 Å². The van der Waals surface area contributed by atoms with Gasteiger partial charge in [0.05, 0.1) is 46.4 Å². The molecule has 6 heterocycles. The van der Waals surface area contributed by atoms with Gasteiger partial charge in [0.1, 0.15) is 0 Å². The van der Waals surface area contributed by atoms with Crippen molar-refractivity contribution in [1.29, 1.82) is 0 Å². The van der Waals surface area contributed by atoms with Gasteiger partial charge in [-0.05, 0) is 165 Å². The van der Waals surface area contributed by atoms with Gasteiger partial charge in [-0.15, -0.1) is 0 Å². The van der Waals surface area contributed by atoms with Crippen LogP contribution in [0.1, 0.15) is 141 Å². The third-order valence-corrected chi connectivity index (χ3v) is 23.6. The number of H-pyrrole nitrogens is 2. The first-order chi connectivity index (χ1) is 39.0. The summed E-state index contributed by atoms with van der Waals surface area (Å²) in [4.78, 5) is 20.9. The van der Waals surface area contributed by atoms with Gasteiger partial charge in [-0.2, -0.15) is 10.2 Å². The minimum atomic E-state index is 0.0777. The fourth-order valence-electron chi connectivity index (χ4n) is 17.6. The molecule has 4 fully saturated rings. The first kappa shape index (κ1) is 49.0. The summed E-state index contributed by atoms with van der Waals surface area (Å²) >= 11 is 0. The highest BCUT2D eigenvalue weighted by Gasteiger charge is 2.65. The van der Waals surface area contributed by atoms with E-state index in [1.54, 1.807) is 0 Å². The highest BCUT2D eigenvalue weighted by Crippen LogP contribution is 2.71. The largest absolute Gasteiger partial charge is 0.284 e. The number of pyridine rings is 3. The van der Waals surface area contributed by atoms with Crippen molar-refractivity contribution in [3.05, 3.63) is 180 Å². The summed E-state index contributed by atoms with van der Waals surface area (Å²) in [7, 11) is 0. The molecular formula is C73H70N8. The lowest BCUT2D eigenvalue weighted by molar-refractivity contribution is 0.202. The SMILES string of the molecule is CC12CCC(C3=C(c4ccc(-c5ccccc5-c5cc(-c6ccccc6-c6ccc(-c7[nH]nc8c7C7CCC8(C)C7(C)C)nc6)cc(-c6ccccc6-c6ccc(-c7[nH]nc8c7C7CCC8(C)C7(C)C)nc6)c5)cn4)CN=C31)C2(C)C. The van der Waals surface area contributed by atoms with Crippen LogP contribution in [0.15, 0.2) is 157 Å². The molecule has 0 amide bonds. The fraction of sp³-hybridized carbons (Fsp3) is 0.342. The standard InChI is InChI=1S/C73H70N8/c1-68(2)54-28-31-71(68,7)65-60(54)53(40-77-65)57-25-22-41(37-74-57)47-16-10-13-19-50(47)44-34-45(51-20-14-11-17-48(51)42-23-26-58(75-38-42)63-61-55-29-32-72(8,69(55,3)4)66(61)80-78-63)36-46(35-44)52-21-15-12-18-49(52)43-24-27-59(76-39-43)64-62-56-30-33-73(9,70(56,5)6)67(62)81-79-64/h10-27,34-39,54-56H,28-33,40H2,1-9H3,(H,78,80)(H,79,81). The van der Waals surface area contributed by atoms with Crippen LogP contribution < -0.4 is 0 Å². The predicted octanol–water partition coefficient (Wildman–Crippen LogP) is 17.7. The lowest BCUT2D eigenvalue weighted by atomic mass is 9.70. The topological polar surface area (TPSA) is 108 Å². The van der Waals surface area contributed by atoms with Crippen LogP contribution in [-0.2, 0) is 10.8 Å². The Hall–Kier alpha value is -7.84. The monoisotopic (exact) mass is 1060 g/mol. The summed E-state index contributed by atoms with van der Waals surface area (Å²) in [5, 5.41) is 16.9. The van der Waals surface area contributed by atoms with Crippen LogP contribution in [0.5, 0.6) is 0 Å². The zero-order valence-electron chi connectivity index (χ0n) is 48.2. The summed E-state index contributed by atoms with van der Waals surface area (Å²) in [5.74, 6) is 1.48. The molecule has 7 aliphatic rings. The van der Waals surface area contributed by atoms with Gasteiger partial charge in [-0.1, -0.05) is 153 Å². The molecule has 4 aromatic carbocycles. The van der Waals surface area contributed by atoms with Crippen molar-refractivity contribution >= 4 is 11.3 Å². The van der Waals surface area contributed by atoms with E-state index < -0.39 is 0 Å². The molecule has 4 saturated carbocycles. The van der Waals surface area contributed by atoms with Gasteiger partial charge in [0.25, 0.3) is 0 Å². The summed E-state index contributed by atoms with van der Waals surface area (Å²) in [6, 6.07) is 47.0. The molecule has 6 bridgehead atoms. The second-order valence-corrected chi connectivity index (χ2v) is 27.4. The van der Waals surface area contributed by atoms with Crippen molar-refractivity contribution in [3.63, 3.8) is 0 Å². The molecule has 8 heteroatoms. The normalized spacial score (nSPS) is 26.3. The maximum atomic E-state index is 5.27. The van der Waals surface area contributed by atoms with Crippen LogP contribution in [0.3, 0.4) is 0 Å². The summed E-state index contributed by atoms with van der Waals surface area (Å²) in [6.07, 6.45) is 13.4. The van der Waals surface area contributed by atoms with Gasteiger partial charge in [0.15, 0.2) is 0 Å². The molecule has 8 nitrogen and oxygen atoms in total. The Morgan fingerprint density at radius 3 is 1.15 bits per heavy atom. The molecule has 16 rings (SSSR count). The number of hydrogen-bond acceptors (Lipinski definition) is 6. The predicted molar refractivity (Wildman–Crippen MR) is 328 cm³/mol. The summed E-state index contributed by atoms with van der Waals surface area (Å²) in [6.45, 7) is 22.6. The number of aliphatic imine (C=N–C) groups is 1. The molecule has 9 aromatic rings. The lowest BCUT2D eigenvalue weighted by Crippen LogP contribution is -2.32. The van der Waals surface area contributed by atoms with E-state index in [0.717, 1.165) is 102 Å². The first-order valence-electron chi connectivity index (χ1n) is 29.8. The summed E-state index contributed by atoms with van der Waals surface area (Å²) < 4.78 is 0. The average Bonchev–Trinajstić information content (AvgIpc) is 4.32. The van der Waals surface area contributed by atoms with E-state index in [0.29, 0.717) is 17.8 Å². The van der Waals surface area contributed by atoms with Gasteiger partial charge in [0.2, 0.25) is 0 Å². The molecule has 0 saturated heterocycles. The minimum absolute atomic E-state index is 0.0777. The van der Waals surface area contributed by atoms with Gasteiger partial charge < -0.3 is 0 Å². The lowest BCUT2D eigenvalue weighted by Gasteiger charge is -2.34. The van der Waals surface area contributed by atoms with Crippen molar-refractivity contribution in [2.75, 3.05) is 6.54 Å². The van der Waals surface area contributed by atoms with E-state index in [2.05, 4.69) is 218 Å². The third kappa shape index (κ3) is 6.42. The minimum Gasteiger partial charge on any atom is -0.284 e. The van der Waals surface area contributed by atoms with Crippen molar-refractivity contribution in [2.24, 2.45) is 32.6 Å². The maximum absolute atomic E-state index is 5.27. The average molecular weight is 1060 g/mol. The quantitative estimate of drug-likeness (QED) is 0.150. The number of nitrogens with zero attached hydrogens (tertiary/aromatic N) is 6. The van der Waals surface area contributed by atoms with Crippen molar-refractivity contribution in [2.45, 2.75) is 124 Å². The number of nitrogens with one attached hydrogen (secondary N) is 2. The van der Waals surface area contributed by atoms with Crippen LogP contribution in [-0.4, -0.2) is 47.6 Å². The van der Waals surface area contributed by atoms with Crippen LogP contribution in [0.4, 0.5) is 0 Å². The summed E-state index contributed by atoms with van der Waals surface area (Å²) in [5.41, 5.74) is 28.7. The molecule has 0 spiro atoms. The highest BCUT2D eigenvalue weighted by atomic mass is 15.2. The molecule has 5 aromatic heterocycles. The maximum Gasteiger partial charge on any atom is 0.0883 e. The Morgan fingerprint density at radius 1 is 0.395 bits per heavy atom. The Labute approximate surface area is 476 Å². The van der Waals surface area contributed by atoms with E-state index in [9.17, 15) is 0 Å². The second kappa shape index (κ2) is 16.6. The molecule has 6 aliphatic carbocycles. The van der Waals surface area contributed by atoms with E-state index in [1.807, 2.05) is 0 Å². The second-order valence-electron chi connectivity index (χ2n) is 27.4. The Balaban J connectivity index is 0.798. The molecule has 1 aliphatic heterocycles. The molecule has 402 valence electrons. The van der Waals surface area contributed by atoms with Crippen LogP contribution in [0, 0.1) is 27.6 Å². The molecule has 6 atom stereocenters. The van der Waals surface area contributed by atoms with Gasteiger partial charge in [-0.3, -0.25) is 30.1 Å². The molecule has 0 radical (unpaired) electrons. The van der Waals surface area contributed by atoms with E-state index in [-0.39, 0.29) is 32.5 Å². The van der Waals surface area contributed by atoms with Crippen LogP contribution >= 0.6 is 0 Å². The fourth-order valence-corrected chi connectivity index (χ4v) is 17.6. The van der Waals surface area contributed by atoms with Crippen molar-refractivity contribution < 1.29 is 0 Å². The smallest absolute Gasteiger partial charge is 0.0883 e. The third-order valence-electron chi connectivity index (χ3n) is 23.6. The van der Waals surface area contributed by atoms with Gasteiger partial charge >= 0.3 is 0 Å². The van der Waals surface area contributed by atoms with Crippen molar-refractivity contribution in [1.82, 2.24) is 35.3 Å². The van der Waals surface area contributed by atoms with Crippen LogP contribution in [0.2, 0.25) is 0 Å². The number of allylic oxidation sites excluding steroid dienone is 1. The van der Waals surface area contributed by atoms with Crippen molar-refractivity contribution in [3.8, 4) is 89.5 Å².